The summed E-state index contributed by atoms with van der Waals surface area (Å²) in [6, 6.07) is 0. The zero-order valence-electron chi connectivity index (χ0n) is 11.6. The molecule has 0 heterocycles. The second-order valence-corrected chi connectivity index (χ2v) is 5.74. The van der Waals surface area contributed by atoms with E-state index < -0.39 is 5.41 Å². The molecule has 1 aliphatic rings. The van der Waals surface area contributed by atoms with Crippen molar-refractivity contribution >= 4 is 23.1 Å². The van der Waals surface area contributed by atoms with E-state index in [9.17, 15) is 4.79 Å². The van der Waals surface area contributed by atoms with Crippen molar-refractivity contribution in [2.24, 2.45) is 11.1 Å². The van der Waals surface area contributed by atoms with E-state index in [0.717, 1.165) is 25.7 Å². The average Bonchev–Trinajstić information content (AvgIpc) is 2.77. The van der Waals surface area contributed by atoms with Crippen LogP contribution in [0.25, 0.3) is 0 Å². The third-order valence-electron chi connectivity index (χ3n) is 3.56. The van der Waals surface area contributed by atoms with Gasteiger partial charge in [0.05, 0.1) is 23.1 Å². The highest BCUT2D eigenvalue weighted by Crippen LogP contribution is 2.39. The largest absolute Gasteiger partial charge is 0.392 e. The highest BCUT2D eigenvalue weighted by atomic mass is 32.1. The van der Waals surface area contributed by atoms with Crippen LogP contribution in [0.4, 0.5) is 0 Å². The molecule has 0 aromatic carbocycles. The zero-order valence-corrected chi connectivity index (χ0v) is 12.4. The van der Waals surface area contributed by atoms with Gasteiger partial charge in [-0.2, -0.15) is 0 Å². The normalized spacial score (nSPS) is 18.0. The summed E-state index contributed by atoms with van der Waals surface area (Å²) in [5.74, 6) is 0.0554. The van der Waals surface area contributed by atoms with Crippen molar-refractivity contribution in [1.29, 1.82) is 0 Å². The number of nitrogens with zero attached hydrogens (tertiary/aromatic N) is 1. The minimum absolute atomic E-state index is 0.0554. The van der Waals surface area contributed by atoms with Crippen LogP contribution < -0.4 is 5.73 Å². The molecule has 0 saturated heterocycles. The van der Waals surface area contributed by atoms with Crippen LogP contribution in [-0.2, 0) is 9.53 Å². The standard InChI is InChI=1S/C13H24N2O2S/c1-10(2)17-9-8-15(3)12(16)13(11(14)18)6-4-5-7-13/h10H,4-9H2,1-3H3,(H2,14,18). The number of carbonyl (C=O) groups excluding carboxylic acids is 1. The first-order valence-electron chi connectivity index (χ1n) is 6.57. The fourth-order valence-electron chi connectivity index (χ4n) is 2.44. The van der Waals surface area contributed by atoms with E-state index in [1.807, 2.05) is 13.8 Å². The molecule has 1 rings (SSSR count). The Balaban J connectivity index is 2.58. The van der Waals surface area contributed by atoms with Crippen molar-refractivity contribution in [3.05, 3.63) is 0 Å². The Morgan fingerprint density at radius 1 is 1.44 bits per heavy atom. The maximum absolute atomic E-state index is 12.5. The Kier molecular flexibility index (Phi) is 5.53. The van der Waals surface area contributed by atoms with Crippen molar-refractivity contribution in [1.82, 2.24) is 4.90 Å². The molecule has 0 atom stereocenters. The number of hydrogen-bond acceptors (Lipinski definition) is 3. The van der Waals surface area contributed by atoms with E-state index in [1.54, 1.807) is 11.9 Å². The van der Waals surface area contributed by atoms with E-state index in [1.165, 1.54) is 0 Å². The molecule has 5 heteroatoms. The number of likely N-dealkylation sites (N-methyl/N-ethyl adjacent to an activating group) is 1. The number of thiocarbonyl (C=S) groups is 1. The number of ether oxygens (including phenoxy) is 1. The minimum atomic E-state index is -0.595. The van der Waals surface area contributed by atoms with Crippen LogP contribution in [0.1, 0.15) is 39.5 Å². The molecule has 0 aromatic rings. The first-order chi connectivity index (χ1) is 8.40. The summed E-state index contributed by atoms with van der Waals surface area (Å²) in [5, 5.41) is 0. The van der Waals surface area contributed by atoms with Crippen LogP contribution in [0.5, 0.6) is 0 Å². The van der Waals surface area contributed by atoms with E-state index in [4.69, 9.17) is 22.7 Å². The van der Waals surface area contributed by atoms with Gasteiger partial charge in [-0.25, -0.2) is 0 Å². The van der Waals surface area contributed by atoms with Crippen molar-refractivity contribution in [2.75, 3.05) is 20.2 Å². The van der Waals surface area contributed by atoms with E-state index >= 15 is 0 Å². The summed E-state index contributed by atoms with van der Waals surface area (Å²) in [4.78, 5) is 14.5. The van der Waals surface area contributed by atoms with Gasteiger partial charge in [-0.15, -0.1) is 0 Å². The third-order valence-corrected chi connectivity index (χ3v) is 3.95. The van der Waals surface area contributed by atoms with Crippen LogP contribution in [0, 0.1) is 5.41 Å². The molecule has 4 nitrogen and oxygen atoms in total. The second kappa shape index (κ2) is 6.48. The van der Waals surface area contributed by atoms with Gasteiger partial charge in [-0.3, -0.25) is 4.79 Å². The number of rotatable bonds is 6. The highest BCUT2D eigenvalue weighted by molar-refractivity contribution is 7.80. The van der Waals surface area contributed by atoms with Crippen molar-refractivity contribution < 1.29 is 9.53 Å². The number of amides is 1. The molecule has 1 aliphatic carbocycles. The van der Waals surface area contributed by atoms with Crippen molar-refractivity contribution in [2.45, 2.75) is 45.6 Å². The Bertz CT molecular complexity index is 312. The van der Waals surface area contributed by atoms with Crippen LogP contribution in [0.15, 0.2) is 0 Å². The van der Waals surface area contributed by atoms with E-state index in [0.29, 0.717) is 18.1 Å². The summed E-state index contributed by atoms with van der Waals surface area (Å²) >= 11 is 5.12. The molecule has 0 aliphatic heterocycles. The molecule has 0 radical (unpaired) electrons. The van der Waals surface area contributed by atoms with Gasteiger partial charge in [-0.05, 0) is 26.7 Å². The molecule has 104 valence electrons. The molecule has 18 heavy (non-hydrogen) atoms. The molecule has 2 N–H and O–H groups in total. The smallest absolute Gasteiger partial charge is 0.235 e. The lowest BCUT2D eigenvalue weighted by molar-refractivity contribution is -0.137. The first kappa shape index (κ1) is 15.4. The summed E-state index contributed by atoms with van der Waals surface area (Å²) in [5.41, 5.74) is 5.21. The van der Waals surface area contributed by atoms with Gasteiger partial charge in [0.1, 0.15) is 0 Å². The lowest BCUT2D eigenvalue weighted by Gasteiger charge is -2.31. The van der Waals surface area contributed by atoms with Gasteiger partial charge in [0, 0.05) is 13.6 Å². The van der Waals surface area contributed by atoms with Gasteiger partial charge in [0.2, 0.25) is 5.91 Å². The molecular formula is C13H24N2O2S. The van der Waals surface area contributed by atoms with Gasteiger partial charge in [0.15, 0.2) is 0 Å². The van der Waals surface area contributed by atoms with Gasteiger partial charge in [0.25, 0.3) is 0 Å². The fraction of sp³-hybridized carbons (Fsp3) is 0.846. The van der Waals surface area contributed by atoms with Gasteiger partial charge >= 0.3 is 0 Å². The highest BCUT2D eigenvalue weighted by Gasteiger charge is 2.45. The predicted molar refractivity (Wildman–Crippen MR) is 76.4 cm³/mol. The molecule has 1 amide bonds. The lowest BCUT2D eigenvalue weighted by atomic mass is 9.84. The van der Waals surface area contributed by atoms with E-state index in [2.05, 4.69) is 0 Å². The SMILES string of the molecule is CC(C)OCCN(C)C(=O)C1(C(N)=S)CCCC1. The predicted octanol–water partition coefficient (Wildman–Crippen LogP) is 1.72. The van der Waals surface area contributed by atoms with Crippen LogP contribution in [0.2, 0.25) is 0 Å². The minimum Gasteiger partial charge on any atom is -0.392 e. The summed E-state index contributed by atoms with van der Waals surface area (Å²) in [7, 11) is 1.80. The Morgan fingerprint density at radius 3 is 2.44 bits per heavy atom. The van der Waals surface area contributed by atoms with E-state index in [-0.39, 0.29) is 12.0 Å². The van der Waals surface area contributed by atoms with Crippen LogP contribution >= 0.6 is 12.2 Å². The van der Waals surface area contributed by atoms with Crippen LogP contribution in [-0.4, -0.2) is 42.1 Å². The average molecular weight is 272 g/mol. The molecule has 1 fully saturated rings. The van der Waals surface area contributed by atoms with Crippen LogP contribution in [0.3, 0.4) is 0 Å². The number of carbonyl (C=O) groups is 1. The third kappa shape index (κ3) is 3.42. The van der Waals surface area contributed by atoms with Crippen molar-refractivity contribution in [3.8, 4) is 0 Å². The molecule has 0 aromatic heterocycles. The topological polar surface area (TPSA) is 55.6 Å². The summed E-state index contributed by atoms with van der Waals surface area (Å²) in [6.45, 7) is 5.10. The monoisotopic (exact) mass is 272 g/mol. The molecule has 0 bridgehead atoms. The Hall–Kier alpha value is -0.680. The summed E-state index contributed by atoms with van der Waals surface area (Å²) in [6.07, 6.45) is 3.82. The quantitative estimate of drug-likeness (QED) is 0.748. The maximum Gasteiger partial charge on any atom is 0.235 e. The fourth-order valence-corrected chi connectivity index (χ4v) is 2.73. The molecule has 1 saturated carbocycles. The molecule has 0 unspecified atom stereocenters. The second-order valence-electron chi connectivity index (χ2n) is 5.30. The first-order valence-corrected chi connectivity index (χ1v) is 6.98. The molecule has 0 spiro atoms. The Morgan fingerprint density at radius 2 is 2.00 bits per heavy atom. The number of hydrogen-bond donors (Lipinski definition) is 1. The Labute approximate surface area is 115 Å². The van der Waals surface area contributed by atoms with Gasteiger partial charge in [-0.1, -0.05) is 25.1 Å². The number of nitrogens with two attached hydrogens (primary N) is 1. The zero-order chi connectivity index (χ0) is 13.8. The summed E-state index contributed by atoms with van der Waals surface area (Å²) < 4.78 is 5.46. The maximum atomic E-state index is 12.5. The van der Waals surface area contributed by atoms with Crippen molar-refractivity contribution in [3.63, 3.8) is 0 Å². The van der Waals surface area contributed by atoms with Gasteiger partial charge < -0.3 is 15.4 Å². The molecular weight excluding hydrogens is 248 g/mol. The lowest BCUT2D eigenvalue weighted by Crippen LogP contribution is -2.48.